The smallest absolute Gasteiger partial charge is 0.332 e. The topological polar surface area (TPSA) is 141 Å². The summed E-state index contributed by atoms with van der Waals surface area (Å²) in [7, 11) is 0. The Hall–Kier alpha value is -2.38. The van der Waals surface area contributed by atoms with Crippen LogP contribution in [0.1, 0.15) is 6.42 Å². The molecule has 4 N–H and O–H groups in total. The number of aliphatic carboxylic acids is 3. The van der Waals surface area contributed by atoms with Gasteiger partial charge in [-0.05, 0) is 0 Å². The molecule has 0 unspecified atom stereocenters. The molecule has 0 aromatic carbocycles. The van der Waals surface area contributed by atoms with E-state index in [2.05, 4.69) is 0 Å². The van der Waals surface area contributed by atoms with Gasteiger partial charge in [-0.15, -0.1) is 0 Å². The zero-order valence-corrected chi connectivity index (χ0v) is 7.97. The van der Waals surface area contributed by atoms with E-state index in [0.29, 0.717) is 6.08 Å². The number of carboxylic acid groups (broad SMARTS) is 3. The number of carbonyl (C=O) groups is 4. The van der Waals surface area contributed by atoms with Crippen molar-refractivity contribution in [3.63, 3.8) is 0 Å². The summed E-state index contributed by atoms with van der Waals surface area (Å²) in [5.41, 5.74) is -0.629. The van der Waals surface area contributed by atoms with Crippen LogP contribution < -0.4 is 5.32 Å². The number of nitrogens with one attached hydrogen (secondary N) is 1. The highest BCUT2D eigenvalue weighted by Gasteiger charge is 2.13. The monoisotopic (exact) mass is 231 g/mol. The molecule has 0 aromatic rings. The van der Waals surface area contributed by atoms with E-state index in [9.17, 15) is 19.2 Å². The summed E-state index contributed by atoms with van der Waals surface area (Å²) < 4.78 is 0. The van der Waals surface area contributed by atoms with Crippen molar-refractivity contribution in [3.05, 3.63) is 11.6 Å². The molecule has 0 saturated carbocycles. The van der Waals surface area contributed by atoms with Crippen molar-refractivity contribution >= 4 is 23.8 Å². The molecule has 0 bridgehead atoms. The van der Waals surface area contributed by atoms with Gasteiger partial charge in [-0.1, -0.05) is 0 Å². The van der Waals surface area contributed by atoms with Gasteiger partial charge < -0.3 is 20.6 Å². The SMILES string of the molecule is O=C(O)CNC(=O)/C=C(/CC(=O)O)C(=O)O. The summed E-state index contributed by atoms with van der Waals surface area (Å²) in [4.78, 5) is 41.7. The first-order chi connectivity index (χ1) is 7.32. The molecule has 0 atom stereocenters. The van der Waals surface area contributed by atoms with Gasteiger partial charge in [0.2, 0.25) is 5.91 Å². The van der Waals surface area contributed by atoms with Gasteiger partial charge >= 0.3 is 17.9 Å². The summed E-state index contributed by atoms with van der Waals surface area (Å²) in [6, 6.07) is 0. The Morgan fingerprint density at radius 2 is 1.56 bits per heavy atom. The zero-order valence-electron chi connectivity index (χ0n) is 7.97. The quantitative estimate of drug-likeness (QED) is 0.415. The number of hydrogen-bond acceptors (Lipinski definition) is 4. The Morgan fingerprint density at radius 3 is 1.94 bits per heavy atom. The summed E-state index contributed by atoms with van der Waals surface area (Å²) >= 11 is 0. The average molecular weight is 231 g/mol. The first-order valence-corrected chi connectivity index (χ1v) is 3.98. The predicted molar refractivity (Wildman–Crippen MR) is 48.6 cm³/mol. The third-order valence-corrected chi connectivity index (χ3v) is 1.34. The molecular formula is C8H9NO7. The molecular weight excluding hydrogens is 222 g/mol. The maximum atomic E-state index is 10.9. The van der Waals surface area contributed by atoms with Crippen LogP contribution in [0.15, 0.2) is 11.6 Å². The molecule has 0 rings (SSSR count). The molecule has 0 aliphatic carbocycles. The van der Waals surface area contributed by atoms with E-state index >= 15 is 0 Å². The highest BCUT2D eigenvalue weighted by Crippen LogP contribution is 2.01. The van der Waals surface area contributed by atoms with E-state index in [1.165, 1.54) is 0 Å². The fraction of sp³-hybridized carbons (Fsp3) is 0.250. The van der Waals surface area contributed by atoms with E-state index in [0.717, 1.165) is 0 Å². The second kappa shape index (κ2) is 6.17. The van der Waals surface area contributed by atoms with E-state index in [1.807, 2.05) is 5.32 Å². The Morgan fingerprint density at radius 1 is 1.00 bits per heavy atom. The number of carbonyl (C=O) groups excluding carboxylic acids is 1. The lowest BCUT2D eigenvalue weighted by Crippen LogP contribution is -2.28. The summed E-state index contributed by atoms with van der Waals surface area (Å²) in [6.45, 7) is -0.671. The lowest BCUT2D eigenvalue weighted by atomic mass is 10.2. The van der Waals surface area contributed by atoms with Gasteiger partial charge in [-0.2, -0.15) is 0 Å². The van der Waals surface area contributed by atoms with Gasteiger partial charge in [0.1, 0.15) is 6.54 Å². The van der Waals surface area contributed by atoms with Crippen LogP contribution in [0.25, 0.3) is 0 Å². The Labute approximate surface area is 89.2 Å². The van der Waals surface area contributed by atoms with Gasteiger partial charge in [0.25, 0.3) is 0 Å². The molecule has 0 aliphatic heterocycles. The molecule has 0 aromatic heterocycles. The number of hydrogen-bond donors (Lipinski definition) is 4. The fourth-order valence-electron chi connectivity index (χ4n) is 0.723. The second-order valence-electron chi connectivity index (χ2n) is 2.66. The molecule has 0 heterocycles. The van der Waals surface area contributed by atoms with Crippen LogP contribution in [0.3, 0.4) is 0 Å². The molecule has 0 saturated heterocycles. The van der Waals surface area contributed by atoms with Crippen LogP contribution in [0.5, 0.6) is 0 Å². The van der Waals surface area contributed by atoms with E-state index in [-0.39, 0.29) is 0 Å². The maximum Gasteiger partial charge on any atom is 0.332 e. The Balaban J connectivity index is 4.53. The average Bonchev–Trinajstić information content (AvgIpc) is 2.12. The van der Waals surface area contributed by atoms with Crippen molar-refractivity contribution in [2.24, 2.45) is 0 Å². The zero-order chi connectivity index (χ0) is 12.7. The highest BCUT2D eigenvalue weighted by atomic mass is 16.4. The molecule has 1 amide bonds. The first kappa shape index (κ1) is 13.6. The maximum absolute atomic E-state index is 10.9. The fourth-order valence-corrected chi connectivity index (χ4v) is 0.723. The minimum atomic E-state index is -1.55. The van der Waals surface area contributed by atoms with Crippen LogP contribution in [-0.2, 0) is 19.2 Å². The molecule has 0 radical (unpaired) electrons. The van der Waals surface area contributed by atoms with Crippen LogP contribution in [0.4, 0.5) is 0 Å². The number of carboxylic acids is 3. The third-order valence-electron chi connectivity index (χ3n) is 1.34. The molecule has 0 spiro atoms. The van der Waals surface area contributed by atoms with Crippen molar-refractivity contribution in [2.75, 3.05) is 6.54 Å². The summed E-state index contributed by atoms with van der Waals surface area (Å²) in [5.74, 6) is -5.22. The Bertz CT molecular complexity index is 357. The van der Waals surface area contributed by atoms with Crippen molar-refractivity contribution in [3.8, 4) is 0 Å². The lowest BCUT2D eigenvalue weighted by molar-refractivity contribution is -0.139. The standard InChI is InChI=1S/C8H9NO7/c10-5(9-3-7(13)14)1-4(8(15)16)2-6(11)12/h1H,2-3H2,(H,9,10)(H,11,12)(H,13,14)(H,15,16)/b4-1-. The minimum absolute atomic E-state index is 0.541. The largest absolute Gasteiger partial charge is 0.481 e. The third kappa shape index (κ3) is 6.13. The molecule has 8 heteroatoms. The lowest BCUT2D eigenvalue weighted by Gasteiger charge is -1.99. The molecule has 8 nitrogen and oxygen atoms in total. The molecule has 0 aliphatic rings. The van der Waals surface area contributed by atoms with E-state index in [1.54, 1.807) is 0 Å². The van der Waals surface area contributed by atoms with E-state index < -0.39 is 42.4 Å². The van der Waals surface area contributed by atoms with Gasteiger partial charge in [-0.3, -0.25) is 14.4 Å². The van der Waals surface area contributed by atoms with Crippen molar-refractivity contribution in [2.45, 2.75) is 6.42 Å². The highest BCUT2D eigenvalue weighted by molar-refractivity contribution is 6.00. The van der Waals surface area contributed by atoms with E-state index in [4.69, 9.17) is 15.3 Å². The van der Waals surface area contributed by atoms with Crippen molar-refractivity contribution < 1.29 is 34.5 Å². The van der Waals surface area contributed by atoms with Crippen molar-refractivity contribution in [1.29, 1.82) is 0 Å². The van der Waals surface area contributed by atoms with Crippen LogP contribution in [0, 0.1) is 0 Å². The van der Waals surface area contributed by atoms with Gasteiger partial charge in [0.05, 0.1) is 12.0 Å². The normalized spacial score (nSPS) is 10.6. The first-order valence-electron chi connectivity index (χ1n) is 3.98. The van der Waals surface area contributed by atoms with Gasteiger partial charge in [0, 0.05) is 6.08 Å². The van der Waals surface area contributed by atoms with Crippen LogP contribution in [0.2, 0.25) is 0 Å². The number of rotatable bonds is 6. The minimum Gasteiger partial charge on any atom is -0.481 e. The summed E-state index contributed by atoms with van der Waals surface area (Å²) in [6.07, 6.45) is -0.283. The second-order valence-corrected chi connectivity index (χ2v) is 2.66. The Kier molecular flexibility index (Phi) is 5.25. The molecule has 16 heavy (non-hydrogen) atoms. The van der Waals surface area contributed by atoms with Gasteiger partial charge in [0.15, 0.2) is 0 Å². The van der Waals surface area contributed by atoms with Crippen LogP contribution >= 0.6 is 0 Å². The van der Waals surface area contributed by atoms with Crippen LogP contribution in [-0.4, -0.2) is 45.7 Å². The predicted octanol–water partition coefficient (Wildman–Crippen LogP) is -1.33. The number of amides is 1. The van der Waals surface area contributed by atoms with Crippen molar-refractivity contribution in [1.82, 2.24) is 5.32 Å². The molecule has 0 fully saturated rings. The molecule has 88 valence electrons. The summed E-state index contributed by atoms with van der Waals surface area (Å²) in [5, 5.41) is 26.9. The van der Waals surface area contributed by atoms with Gasteiger partial charge in [-0.25, -0.2) is 4.79 Å².